The molecule has 0 amide bonds. The normalized spacial score (nSPS) is 16.5. The number of sulfone groups is 1. The van der Waals surface area contributed by atoms with Gasteiger partial charge in [-0.2, -0.15) is 0 Å². The van der Waals surface area contributed by atoms with Gasteiger partial charge < -0.3 is 15.4 Å². The van der Waals surface area contributed by atoms with Gasteiger partial charge in [0.1, 0.15) is 15.9 Å². The summed E-state index contributed by atoms with van der Waals surface area (Å²) in [5.41, 5.74) is 1.02. The average molecular weight is 510 g/mol. The maximum atomic E-state index is 11.2. The van der Waals surface area contributed by atoms with Gasteiger partial charge in [-0.3, -0.25) is 4.99 Å². The molecule has 1 fully saturated rings. The third kappa shape index (κ3) is 9.59. The van der Waals surface area contributed by atoms with Crippen LogP contribution in [0.5, 0.6) is 5.88 Å². The molecule has 2 N–H and O–H groups in total. The second-order valence-electron chi connectivity index (χ2n) is 6.92. The number of ether oxygens (including phenoxy) is 1. The molecule has 0 aromatic carbocycles. The lowest BCUT2D eigenvalue weighted by Gasteiger charge is -2.17. The first kappa shape index (κ1) is 23.9. The highest BCUT2D eigenvalue weighted by Gasteiger charge is 2.16. The minimum atomic E-state index is -2.95. The summed E-state index contributed by atoms with van der Waals surface area (Å²) in [6, 6.07) is 3.90. The molecule has 1 heterocycles. The van der Waals surface area contributed by atoms with E-state index in [9.17, 15) is 8.42 Å². The SMILES string of the molecule is CN=C(NCc1ccc(OC2CCCC2)nc1)NC(C)CCS(C)(=O)=O.I. The van der Waals surface area contributed by atoms with Crippen molar-refractivity contribution in [3.8, 4) is 5.88 Å². The number of aliphatic imine (C=N–C) groups is 1. The van der Waals surface area contributed by atoms with Crippen LogP contribution in [-0.4, -0.2) is 50.6 Å². The molecule has 27 heavy (non-hydrogen) atoms. The highest BCUT2D eigenvalue weighted by Crippen LogP contribution is 2.22. The molecule has 1 aliphatic rings. The first-order valence-electron chi connectivity index (χ1n) is 9.12. The van der Waals surface area contributed by atoms with E-state index in [0.29, 0.717) is 30.9 Å². The van der Waals surface area contributed by atoms with Crippen molar-refractivity contribution in [1.82, 2.24) is 15.6 Å². The van der Waals surface area contributed by atoms with Gasteiger partial charge in [0.2, 0.25) is 5.88 Å². The number of nitrogens with one attached hydrogen (secondary N) is 2. The summed E-state index contributed by atoms with van der Waals surface area (Å²) >= 11 is 0. The summed E-state index contributed by atoms with van der Waals surface area (Å²) in [5.74, 6) is 1.47. The zero-order valence-electron chi connectivity index (χ0n) is 16.3. The second kappa shape index (κ2) is 11.7. The lowest BCUT2D eigenvalue weighted by molar-refractivity contribution is 0.201. The van der Waals surface area contributed by atoms with Gasteiger partial charge in [0.05, 0.1) is 5.75 Å². The second-order valence-corrected chi connectivity index (χ2v) is 9.18. The van der Waals surface area contributed by atoms with Gasteiger partial charge in [0.25, 0.3) is 0 Å². The number of guanidine groups is 1. The molecule has 0 bridgehead atoms. The van der Waals surface area contributed by atoms with Crippen LogP contribution >= 0.6 is 24.0 Å². The fourth-order valence-corrected chi connectivity index (χ4v) is 3.62. The molecular weight excluding hydrogens is 479 g/mol. The Hall–Kier alpha value is -1.10. The van der Waals surface area contributed by atoms with Gasteiger partial charge in [-0.15, -0.1) is 24.0 Å². The first-order valence-corrected chi connectivity index (χ1v) is 11.2. The topological polar surface area (TPSA) is 92.7 Å². The fraction of sp³-hybridized carbons (Fsp3) is 0.667. The zero-order chi connectivity index (χ0) is 19.0. The smallest absolute Gasteiger partial charge is 0.213 e. The van der Waals surface area contributed by atoms with Gasteiger partial charge in [-0.25, -0.2) is 13.4 Å². The standard InChI is InChI=1S/C18H30N4O3S.HI/c1-14(10-11-26(3,23)24)22-18(19-2)21-13-15-8-9-17(20-12-15)25-16-6-4-5-7-16;/h8-9,12,14,16H,4-7,10-11,13H2,1-3H3,(H2,19,21,22);1H. The van der Waals surface area contributed by atoms with E-state index in [0.717, 1.165) is 18.4 Å². The van der Waals surface area contributed by atoms with E-state index in [2.05, 4.69) is 20.6 Å². The highest BCUT2D eigenvalue weighted by molar-refractivity contribution is 14.0. The van der Waals surface area contributed by atoms with Crippen molar-refractivity contribution in [2.24, 2.45) is 4.99 Å². The summed E-state index contributed by atoms with van der Waals surface area (Å²) in [4.78, 5) is 8.55. The molecular formula is C18H31IN4O3S. The molecule has 0 saturated heterocycles. The van der Waals surface area contributed by atoms with E-state index < -0.39 is 9.84 Å². The van der Waals surface area contributed by atoms with Gasteiger partial charge >= 0.3 is 0 Å². The Morgan fingerprint density at radius 2 is 2.07 bits per heavy atom. The third-order valence-electron chi connectivity index (χ3n) is 4.38. The van der Waals surface area contributed by atoms with Crippen LogP contribution in [0.3, 0.4) is 0 Å². The van der Waals surface area contributed by atoms with Crippen LogP contribution in [0.15, 0.2) is 23.3 Å². The van der Waals surface area contributed by atoms with Crippen molar-refractivity contribution in [2.45, 2.75) is 57.7 Å². The van der Waals surface area contributed by atoms with Crippen LogP contribution in [0, 0.1) is 0 Å². The van der Waals surface area contributed by atoms with E-state index in [4.69, 9.17) is 4.74 Å². The molecule has 0 spiro atoms. The predicted octanol–water partition coefficient (Wildman–Crippen LogP) is 2.51. The number of halogens is 1. The van der Waals surface area contributed by atoms with Crippen LogP contribution in [0.25, 0.3) is 0 Å². The van der Waals surface area contributed by atoms with E-state index in [1.807, 2.05) is 19.1 Å². The van der Waals surface area contributed by atoms with Crippen molar-refractivity contribution in [2.75, 3.05) is 19.1 Å². The molecule has 1 aromatic heterocycles. The van der Waals surface area contributed by atoms with Crippen LogP contribution in [0.4, 0.5) is 0 Å². The minimum Gasteiger partial charge on any atom is -0.474 e. The van der Waals surface area contributed by atoms with Crippen LogP contribution in [0.1, 0.15) is 44.6 Å². The maximum absolute atomic E-state index is 11.2. The number of hydrogen-bond donors (Lipinski definition) is 2. The van der Waals surface area contributed by atoms with Gasteiger partial charge in [-0.05, 0) is 44.6 Å². The Bertz CT molecular complexity index is 689. The lowest BCUT2D eigenvalue weighted by atomic mass is 10.2. The van der Waals surface area contributed by atoms with Crippen LogP contribution in [-0.2, 0) is 16.4 Å². The van der Waals surface area contributed by atoms with Crippen LogP contribution < -0.4 is 15.4 Å². The Morgan fingerprint density at radius 1 is 1.37 bits per heavy atom. The van der Waals surface area contributed by atoms with Crippen molar-refractivity contribution >= 4 is 39.8 Å². The number of hydrogen-bond acceptors (Lipinski definition) is 5. The number of pyridine rings is 1. The molecule has 7 nitrogen and oxygen atoms in total. The van der Waals surface area contributed by atoms with E-state index >= 15 is 0 Å². The zero-order valence-corrected chi connectivity index (χ0v) is 19.4. The van der Waals surface area contributed by atoms with Gasteiger partial charge in [0.15, 0.2) is 5.96 Å². The number of aromatic nitrogens is 1. The molecule has 0 radical (unpaired) electrons. The third-order valence-corrected chi connectivity index (χ3v) is 5.35. The summed E-state index contributed by atoms with van der Waals surface area (Å²) in [6.45, 7) is 2.52. The van der Waals surface area contributed by atoms with Crippen molar-refractivity contribution in [3.05, 3.63) is 23.9 Å². The molecule has 1 aromatic rings. The molecule has 1 aliphatic carbocycles. The first-order chi connectivity index (χ1) is 12.4. The molecule has 1 atom stereocenters. The van der Waals surface area contributed by atoms with E-state index in [-0.39, 0.29) is 35.8 Å². The Labute approximate surface area is 179 Å². The number of rotatable bonds is 8. The maximum Gasteiger partial charge on any atom is 0.213 e. The Kier molecular flexibility index (Phi) is 10.4. The minimum absolute atomic E-state index is 0. The highest BCUT2D eigenvalue weighted by atomic mass is 127. The predicted molar refractivity (Wildman–Crippen MR) is 120 cm³/mol. The molecule has 9 heteroatoms. The van der Waals surface area contributed by atoms with Gasteiger partial charge in [0, 0.05) is 38.2 Å². The summed E-state index contributed by atoms with van der Waals surface area (Å²) in [5, 5.41) is 6.41. The number of nitrogens with zero attached hydrogens (tertiary/aromatic N) is 2. The lowest BCUT2D eigenvalue weighted by Crippen LogP contribution is -2.42. The van der Waals surface area contributed by atoms with Crippen molar-refractivity contribution in [3.63, 3.8) is 0 Å². The largest absolute Gasteiger partial charge is 0.474 e. The summed E-state index contributed by atoms with van der Waals surface area (Å²) < 4.78 is 28.4. The fourth-order valence-electron chi connectivity index (χ4n) is 2.84. The Balaban J connectivity index is 0.00000364. The van der Waals surface area contributed by atoms with Crippen molar-refractivity contribution in [1.29, 1.82) is 0 Å². The van der Waals surface area contributed by atoms with E-state index in [1.165, 1.54) is 19.1 Å². The quantitative estimate of drug-likeness (QED) is 0.317. The summed E-state index contributed by atoms with van der Waals surface area (Å²) in [6.07, 6.45) is 8.60. The molecule has 154 valence electrons. The Morgan fingerprint density at radius 3 is 2.63 bits per heavy atom. The molecule has 1 saturated carbocycles. The van der Waals surface area contributed by atoms with Gasteiger partial charge in [-0.1, -0.05) is 6.07 Å². The van der Waals surface area contributed by atoms with Crippen molar-refractivity contribution < 1.29 is 13.2 Å². The summed E-state index contributed by atoms with van der Waals surface area (Å²) in [7, 11) is -1.26. The van der Waals surface area contributed by atoms with E-state index in [1.54, 1.807) is 13.2 Å². The molecule has 1 unspecified atom stereocenters. The monoisotopic (exact) mass is 510 g/mol. The van der Waals surface area contributed by atoms with Crippen LogP contribution in [0.2, 0.25) is 0 Å². The molecule has 0 aliphatic heterocycles. The molecule has 2 rings (SSSR count). The average Bonchev–Trinajstić information content (AvgIpc) is 3.10.